The molecule has 0 fully saturated rings. The first kappa shape index (κ1) is 13.8. The number of nitrogen functional groups attached to an aromatic ring is 1. The lowest BCUT2D eigenvalue weighted by Crippen LogP contribution is -2.29. The molecule has 2 rings (SSSR count). The van der Waals surface area contributed by atoms with Crippen molar-refractivity contribution in [2.24, 2.45) is 5.84 Å². The number of carbonyl (C=O) groups excluding carboxylic acids is 1. The molecular formula is C12H13IN4O2. The molecule has 1 aromatic heterocycles. The van der Waals surface area contributed by atoms with Crippen LogP contribution in [-0.2, 0) is 6.54 Å². The molecular weight excluding hydrogens is 359 g/mol. The van der Waals surface area contributed by atoms with Crippen LogP contribution < -0.4 is 16.0 Å². The molecule has 0 saturated carbocycles. The monoisotopic (exact) mass is 372 g/mol. The number of nitrogens with one attached hydrogen (secondary N) is 1. The second-order valence-corrected chi connectivity index (χ2v) is 5.01. The molecule has 0 atom stereocenters. The van der Waals surface area contributed by atoms with Crippen LogP contribution in [-0.4, -0.2) is 22.3 Å². The lowest BCUT2D eigenvalue weighted by Gasteiger charge is -2.07. The molecule has 0 aliphatic carbocycles. The van der Waals surface area contributed by atoms with Gasteiger partial charge in [-0.25, -0.2) is 5.84 Å². The van der Waals surface area contributed by atoms with Gasteiger partial charge in [0.05, 0.1) is 16.3 Å². The fourth-order valence-corrected chi connectivity index (χ4v) is 1.95. The van der Waals surface area contributed by atoms with Gasteiger partial charge < -0.3 is 4.74 Å². The summed E-state index contributed by atoms with van der Waals surface area (Å²) in [5.74, 6) is 5.43. The third-order valence-electron chi connectivity index (χ3n) is 2.44. The van der Waals surface area contributed by atoms with E-state index >= 15 is 0 Å². The Balaban J connectivity index is 1.84. The zero-order valence-corrected chi connectivity index (χ0v) is 12.2. The molecule has 0 radical (unpaired) electrons. The number of amides is 1. The van der Waals surface area contributed by atoms with Crippen LogP contribution in [0.1, 0.15) is 10.4 Å². The van der Waals surface area contributed by atoms with Crippen molar-refractivity contribution in [1.29, 1.82) is 0 Å². The summed E-state index contributed by atoms with van der Waals surface area (Å²) in [6, 6.07) is 6.79. The maximum absolute atomic E-state index is 11.2. The van der Waals surface area contributed by atoms with Crippen LogP contribution in [0.15, 0.2) is 36.7 Å². The summed E-state index contributed by atoms with van der Waals surface area (Å²) in [5.41, 5.74) is 2.57. The number of nitrogens with zero attached hydrogens (tertiary/aromatic N) is 2. The molecule has 0 unspecified atom stereocenters. The minimum absolute atomic E-state index is 0.322. The molecule has 3 N–H and O–H groups in total. The van der Waals surface area contributed by atoms with E-state index in [0.717, 1.165) is 3.57 Å². The Labute approximate surface area is 124 Å². The van der Waals surface area contributed by atoms with Gasteiger partial charge in [-0.3, -0.25) is 14.9 Å². The number of rotatable bonds is 5. The zero-order valence-electron chi connectivity index (χ0n) is 10.0. The SMILES string of the molecule is NNC(=O)c1ccc(OCCn2cc(I)cn2)cc1. The molecule has 1 amide bonds. The molecule has 0 aliphatic heterocycles. The van der Waals surface area contributed by atoms with Crippen LogP contribution in [0.4, 0.5) is 0 Å². The molecule has 6 nitrogen and oxygen atoms in total. The summed E-state index contributed by atoms with van der Waals surface area (Å²) in [5, 5.41) is 4.16. The molecule has 1 aromatic carbocycles. The maximum atomic E-state index is 11.2. The Morgan fingerprint density at radius 1 is 1.42 bits per heavy atom. The van der Waals surface area contributed by atoms with Crippen molar-refractivity contribution in [2.75, 3.05) is 6.61 Å². The van der Waals surface area contributed by atoms with E-state index in [1.54, 1.807) is 30.5 Å². The molecule has 0 spiro atoms. The molecule has 1 heterocycles. The van der Waals surface area contributed by atoms with Crippen LogP contribution in [0.3, 0.4) is 0 Å². The van der Waals surface area contributed by atoms with E-state index in [1.165, 1.54) is 0 Å². The van der Waals surface area contributed by atoms with Crippen molar-refractivity contribution < 1.29 is 9.53 Å². The first-order valence-corrected chi connectivity index (χ1v) is 6.68. The van der Waals surface area contributed by atoms with Gasteiger partial charge in [-0.2, -0.15) is 5.10 Å². The first-order valence-electron chi connectivity index (χ1n) is 5.61. The van der Waals surface area contributed by atoms with Crippen molar-refractivity contribution in [3.05, 3.63) is 45.8 Å². The van der Waals surface area contributed by atoms with Crippen LogP contribution in [0.5, 0.6) is 5.75 Å². The Morgan fingerprint density at radius 2 is 2.16 bits per heavy atom. The van der Waals surface area contributed by atoms with Crippen molar-refractivity contribution in [2.45, 2.75) is 6.54 Å². The van der Waals surface area contributed by atoms with Gasteiger partial charge in [0.25, 0.3) is 5.91 Å². The highest BCUT2D eigenvalue weighted by atomic mass is 127. The minimum Gasteiger partial charge on any atom is -0.492 e. The smallest absolute Gasteiger partial charge is 0.265 e. The third-order valence-corrected chi connectivity index (χ3v) is 3.00. The highest BCUT2D eigenvalue weighted by Crippen LogP contribution is 2.12. The number of aromatic nitrogens is 2. The van der Waals surface area contributed by atoms with Crippen molar-refractivity contribution in [1.82, 2.24) is 15.2 Å². The Bertz CT molecular complexity index is 553. The van der Waals surface area contributed by atoms with Gasteiger partial charge in [-0.1, -0.05) is 0 Å². The molecule has 100 valence electrons. The van der Waals surface area contributed by atoms with Crippen LogP contribution in [0, 0.1) is 3.57 Å². The predicted octanol–water partition coefficient (Wildman–Crippen LogP) is 1.17. The lowest BCUT2D eigenvalue weighted by molar-refractivity contribution is 0.0953. The summed E-state index contributed by atoms with van der Waals surface area (Å²) >= 11 is 2.20. The molecule has 7 heteroatoms. The third kappa shape index (κ3) is 3.93. The molecule has 0 aliphatic rings. The fraction of sp³-hybridized carbons (Fsp3) is 0.167. The molecule has 19 heavy (non-hydrogen) atoms. The summed E-state index contributed by atoms with van der Waals surface area (Å²) < 4.78 is 8.47. The number of hydrazine groups is 1. The van der Waals surface area contributed by atoms with Gasteiger partial charge in [0, 0.05) is 11.8 Å². The first-order chi connectivity index (χ1) is 9.19. The number of carbonyl (C=O) groups is 1. The van der Waals surface area contributed by atoms with Gasteiger partial charge in [0.15, 0.2) is 0 Å². The fourth-order valence-electron chi connectivity index (χ4n) is 1.50. The normalized spacial score (nSPS) is 10.2. The summed E-state index contributed by atoms with van der Waals surface area (Å²) in [7, 11) is 0. The van der Waals surface area contributed by atoms with E-state index in [0.29, 0.717) is 24.5 Å². The minimum atomic E-state index is -0.322. The number of halogens is 1. The second-order valence-electron chi connectivity index (χ2n) is 3.77. The topological polar surface area (TPSA) is 82.2 Å². The number of ether oxygens (including phenoxy) is 1. The van der Waals surface area contributed by atoms with Crippen LogP contribution in [0.25, 0.3) is 0 Å². The van der Waals surface area contributed by atoms with Crippen LogP contribution in [0.2, 0.25) is 0 Å². The number of benzene rings is 1. The molecule has 2 aromatic rings. The summed E-state index contributed by atoms with van der Waals surface area (Å²) in [4.78, 5) is 11.2. The van der Waals surface area contributed by atoms with Crippen molar-refractivity contribution >= 4 is 28.5 Å². The van der Waals surface area contributed by atoms with Gasteiger partial charge in [0.1, 0.15) is 12.4 Å². The summed E-state index contributed by atoms with van der Waals surface area (Å²) in [6.07, 6.45) is 3.74. The highest BCUT2D eigenvalue weighted by Gasteiger charge is 2.03. The average Bonchev–Trinajstić information content (AvgIpc) is 2.84. The number of hydrogen-bond donors (Lipinski definition) is 2. The van der Waals surface area contributed by atoms with E-state index in [-0.39, 0.29) is 5.91 Å². The Morgan fingerprint density at radius 3 is 2.74 bits per heavy atom. The maximum Gasteiger partial charge on any atom is 0.265 e. The van der Waals surface area contributed by atoms with E-state index in [4.69, 9.17) is 10.6 Å². The van der Waals surface area contributed by atoms with E-state index < -0.39 is 0 Å². The van der Waals surface area contributed by atoms with Crippen LogP contribution >= 0.6 is 22.6 Å². The standard InChI is InChI=1S/C12H13IN4O2/c13-10-7-15-17(8-10)5-6-19-11-3-1-9(2-4-11)12(18)16-14/h1-4,7-8H,5-6,14H2,(H,16,18). The summed E-state index contributed by atoms with van der Waals surface area (Å²) in [6.45, 7) is 1.19. The van der Waals surface area contributed by atoms with Gasteiger partial charge in [-0.15, -0.1) is 0 Å². The van der Waals surface area contributed by atoms with Gasteiger partial charge >= 0.3 is 0 Å². The largest absolute Gasteiger partial charge is 0.492 e. The Kier molecular flexibility index (Phi) is 4.74. The second kappa shape index (κ2) is 6.53. The van der Waals surface area contributed by atoms with Crippen molar-refractivity contribution in [3.63, 3.8) is 0 Å². The van der Waals surface area contributed by atoms with Gasteiger partial charge in [0.2, 0.25) is 0 Å². The molecule has 0 saturated heterocycles. The predicted molar refractivity (Wildman–Crippen MR) is 78.5 cm³/mol. The lowest BCUT2D eigenvalue weighted by atomic mass is 10.2. The highest BCUT2D eigenvalue weighted by molar-refractivity contribution is 14.1. The van der Waals surface area contributed by atoms with Crippen molar-refractivity contribution in [3.8, 4) is 5.75 Å². The van der Waals surface area contributed by atoms with E-state index in [1.807, 2.05) is 10.9 Å². The zero-order chi connectivity index (χ0) is 13.7. The number of nitrogens with two attached hydrogens (primary N) is 1. The van der Waals surface area contributed by atoms with Gasteiger partial charge in [-0.05, 0) is 46.9 Å². The van der Waals surface area contributed by atoms with E-state index in [2.05, 4.69) is 33.1 Å². The molecule has 0 bridgehead atoms. The van der Waals surface area contributed by atoms with E-state index in [9.17, 15) is 4.79 Å². The Hall–Kier alpha value is -1.61. The quantitative estimate of drug-likeness (QED) is 0.357. The average molecular weight is 372 g/mol. The number of hydrogen-bond acceptors (Lipinski definition) is 4.